The highest BCUT2D eigenvalue weighted by Gasteiger charge is 2.38. The monoisotopic (exact) mass is 476 g/mol. The molecule has 0 unspecified atom stereocenters. The Morgan fingerprint density at radius 1 is 1.09 bits per heavy atom. The number of hydrogen-bond acceptors (Lipinski definition) is 5. The van der Waals surface area contributed by atoms with E-state index >= 15 is 0 Å². The van der Waals surface area contributed by atoms with Gasteiger partial charge in [-0.2, -0.15) is 0 Å². The van der Waals surface area contributed by atoms with E-state index in [1.165, 1.54) is 0 Å². The zero-order valence-corrected chi connectivity index (χ0v) is 21.1. The third-order valence-corrected chi connectivity index (χ3v) is 10.8. The van der Waals surface area contributed by atoms with E-state index in [-0.39, 0.29) is 30.4 Å². The van der Waals surface area contributed by atoms with E-state index in [0.717, 1.165) is 5.56 Å². The molecule has 9 nitrogen and oxygen atoms in total. The maximum absolute atomic E-state index is 12.5. The van der Waals surface area contributed by atoms with Crippen molar-refractivity contribution in [1.82, 2.24) is 16.0 Å². The lowest BCUT2D eigenvalue weighted by atomic mass is 10.0. The Morgan fingerprint density at radius 3 is 2.24 bits per heavy atom. The SMILES string of the molecule is CC(C)(C)[Si](C)(C)OCC[C@H](NC(=O)C[C@@H]1NC(=O)[C@H](Cc2ccccc2)NC1=O)C(N)=O. The normalized spacial score (nSPS) is 19.9. The summed E-state index contributed by atoms with van der Waals surface area (Å²) in [6, 6.07) is 6.70. The molecule has 0 aliphatic carbocycles. The smallest absolute Gasteiger partial charge is 0.243 e. The number of amides is 4. The van der Waals surface area contributed by atoms with Crippen LogP contribution in [0, 0.1) is 0 Å². The standard InChI is InChI=1S/C23H36N4O5Si/c1-23(2,3)33(4,5)32-12-11-16(20(24)29)25-19(28)14-18-22(31)26-17(21(30)27-18)13-15-9-7-6-8-10-15/h6-10,16-18H,11-14H2,1-5H3,(H2,24,29)(H,25,28)(H,26,31)(H,27,30)/t16-,17-,18-/m0/s1. The number of nitrogens with one attached hydrogen (secondary N) is 3. The van der Waals surface area contributed by atoms with E-state index in [4.69, 9.17) is 10.2 Å². The van der Waals surface area contributed by atoms with Gasteiger partial charge in [0.1, 0.15) is 18.1 Å². The molecule has 3 atom stereocenters. The first-order valence-corrected chi connectivity index (χ1v) is 14.1. The van der Waals surface area contributed by atoms with Crippen LogP contribution in [0.1, 0.15) is 39.2 Å². The molecule has 1 heterocycles. The predicted octanol–water partition coefficient (Wildman–Crippen LogP) is 0.984. The van der Waals surface area contributed by atoms with Gasteiger partial charge in [0.25, 0.3) is 0 Å². The minimum Gasteiger partial charge on any atom is -0.417 e. The molecule has 0 aromatic heterocycles. The van der Waals surface area contributed by atoms with Gasteiger partial charge in [0.15, 0.2) is 8.32 Å². The maximum Gasteiger partial charge on any atom is 0.243 e. The van der Waals surface area contributed by atoms with Crippen molar-refractivity contribution in [3.63, 3.8) is 0 Å². The third-order valence-electron chi connectivity index (χ3n) is 6.29. The number of carbonyl (C=O) groups excluding carboxylic acids is 4. The van der Waals surface area contributed by atoms with Crippen LogP contribution in [0.25, 0.3) is 0 Å². The number of piperazine rings is 1. The summed E-state index contributed by atoms with van der Waals surface area (Å²) in [5.41, 5.74) is 6.36. The lowest BCUT2D eigenvalue weighted by Gasteiger charge is -2.36. The molecule has 0 spiro atoms. The number of nitrogens with two attached hydrogens (primary N) is 1. The zero-order chi connectivity index (χ0) is 24.8. The summed E-state index contributed by atoms with van der Waals surface area (Å²) in [7, 11) is -2.00. The first-order valence-electron chi connectivity index (χ1n) is 11.2. The lowest BCUT2D eigenvalue weighted by Crippen LogP contribution is -2.63. The first kappa shape index (κ1) is 26.5. The van der Waals surface area contributed by atoms with Gasteiger partial charge in [0.05, 0.1) is 6.42 Å². The van der Waals surface area contributed by atoms with Crippen LogP contribution in [0.3, 0.4) is 0 Å². The van der Waals surface area contributed by atoms with Gasteiger partial charge in [0.2, 0.25) is 23.6 Å². The number of carbonyl (C=O) groups is 4. The van der Waals surface area contributed by atoms with Crippen molar-refractivity contribution < 1.29 is 23.6 Å². The molecule has 10 heteroatoms. The van der Waals surface area contributed by atoms with Gasteiger partial charge in [-0.1, -0.05) is 51.1 Å². The zero-order valence-electron chi connectivity index (χ0n) is 20.1. The first-order chi connectivity index (χ1) is 15.3. The molecule has 1 fully saturated rings. The largest absolute Gasteiger partial charge is 0.417 e. The van der Waals surface area contributed by atoms with Crippen LogP contribution < -0.4 is 21.7 Å². The van der Waals surface area contributed by atoms with Gasteiger partial charge in [-0.25, -0.2) is 0 Å². The quantitative estimate of drug-likeness (QED) is 0.373. The van der Waals surface area contributed by atoms with Crippen molar-refractivity contribution in [1.29, 1.82) is 0 Å². The third kappa shape index (κ3) is 7.67. The Balaban J connectivity index is 1.87. The number of benzene rings is 1. The second kappa shape index (κ2) is 10.9. The van der Waals surface area contributed by atoms with Crippen molar-refractivity contribution in [2.45, 2.75) is 76.3 Å². The predicted molar refractivity (Wildman–Crippen MR) is 128 cm³/mol. The van der Waals surface area contributed by atoms with E-state index in [2.05, 4.69) is 49.8 Å². The number of primary amides is 1. The summed E-state index contributed by atoms with van der Waals surface area (Å²) in [5.74, 6) is -2.02. The average molecular weight is 477 g/mol. The molecule has 0 bridgehead atoms. The molecule has 1 aromatic carbocycles. The van der Waals surface area contributed by atoms with Gasteiger partial charge in [-0.05, 0) is 30.1 Å². The number of rotatable bonds is 10. The van der Waals surface area contributed by atoms with E-state index in [1.807, 2.05) is 30.3 Å². The van der Waals surface area contributed by atoms with Crippen LogP contribution in [0.4, 0.5) is 0 Å². The van der Waals surface area contributed by atoms with Crippen LogP contribution in [-0.2, 0) is 30.0 Å². The fourth-order valence-electron chi connectivity index (χ4n) is 3.19. The van der Waals surface area contributed by atoms with Crippen molar-refractivity contribution in [3.8, 4) is 0 Å². The average Bonchev–Trinajstić information content (AvgIpc) is 2.70. The summed E-state index contributed by atoms with van der Waals surface area (Å²) in [6.45, 7) is 10.8. The minimum atomic E-state index is -2.00. The molecule has 33 heavy (non-hydrogen) atoms. The summed E-state index contributed by atoms with van der Waals surface area (Å²) in [5, 5.41) is 7.86. The molecule has 2 rings (SSSR count). The Bertz CT molecular complexity index is 869. The van der Waals surface area contributed by atoms with E-state index < -0.39 is 44.2 Å². The second-order valence-corrected chi connectivity index (χ2v) is 14.7. The maximum atomic E-state index is 12.5. The van der Waals surface area contributed by atoms with Crippen molar-refractivity contribution in [2.75, 3.05) is 6.61 Å². The van der Waals surface area contributed by atoms with Crippen molar-refractivity contribution >= 4 is 31.9 Å². The highest BCUT2D eigenvalue weighted by atomic mass is 28.4. The highest BCUT2D eigenvalue weighted by Crippen LogP contribution is 2.36. The molecule has 1 aliphatic heterocycles. The van der Waals surface area contributed by atoms with Crippen LogP contribution in [0.2, 0.25) is 18.1 Å². The second-order valence-electron chi connectivity index (χ2n) is 9.94. The molecule has 0 radical (unpaired) electrons. The van der Waals surface area contributed by atoms with Crippen LogP contribution >= 0.6 is 0 Å². The fraction of sp³-hybridized carbons (Fsp3) is 0.565. The van der Waals surface area contributed by atoms with E-state index in [9.17, 15) is 19.2 Å². The van der Waals surface area contributed by atoms with Crippen LogP contribution in [0.5, 0.6) is 0 Å². The van der Waals surface area contributed by atoms with Gasteiger partial charge in [-0.3, -0.25) is 19.2 Å². The fourth-order valence-corrected chi connectivity index (χ4v) is 4.25. The van der Waals surface area contributed by atoms with Crippen LogP contribution in [-0.4, -0.2) is 56.7 Å². The van der Waals surface area contributed by atoms with Crippen LogP contribution in [0.15, 0.2) is 30.3 Å². The molecule has 182 valence electrons. The summed E-state index contributed by atoms with van der Waals surface area (Å²) < 4.78 is 6.06. The van der Waals surface area contributed by atoms with E-state index in [1.54, 1.807) is 0 Å². The van der Waals surface area contributed by atoms with Gasteiger partial charge >= 0.3 is 0 Å². The molecule has 1 saturated heterocycles. The Labute approximate surface area is 196 Å². The summed E-state index contributed by atoms with van der Waals surface area (Å²) in [4.78, 5) is 49.2. The van der Waals surface area contributed by atoms with E-state index in [0.29, 0.717) is 6.42 Å². The van der Waals surface area contributed by atoms with Crippen molar-refractivity contribution in [3.05, 3.63) is 35.9 Å². The summed E-state index contributed by atoms with van der Waals surface area (Å²) >= 11 is 0. The number of hydrogen-bond donors (Lipinski definition) is 4. The molecule has 1 aromatic rings. The Kier molecular flexibility index (Phi) is 8.79. The Hall–Kier alpha value is -2.72. The molecular weight excluding hydrogens is 440 g/mol. The lowest BCUT2D eigenvalue weighted by molar-refractivity contribution is -0.138. The molecule has 1 aliphatic rings. The van der Waals surface area contributed by atoms with Gasteiger partial charge in [0, 0.05) is 13.0 Å². The Morgan fingerprint density at radius 2 is 1.67 bits per heavy atom. The summed E-state index contributed by atoms with van der Waals surface area (Å²) in [6.07, 6.45) is 0.299. The van der Waals surface area contributed by atoms with Gasteiger partial charge < -0.3 is 26.1 Å². The van der Waals surface area contributed by atoms with Crippen molar-refractivity contribution in [2.24, 2.45) is 5.73 Å². The molecular formula is C23H36N4O5Si. The molecule has 5 N–H and O–H groups in total. The topological polar surface area (TPSA) is 140 Å². The minimum absolute atomic E-state index is 0.0173. The molecule has 0 saturated carbocycles. The molecule has 4 amide bonds. The highest BCUT2D eigenvalue weighted by molar-refractivity contribution is 6.74. The van der Waals surface area contributed by atoms with Gasteiger partial charge in [-0.15, -0.1) is 0 Å².